The second-order valence-electron chi connectivity index (χ2n) is 6.34. The van der Waals surface area contributed by atoms with Gasteiger partial charge in [0, 0.05) is 16.1 Å². The highest BCUT2D eigenvalue weighted by Gasteiger charge is 2.40. The van der Waals surface area contributed by atoms with Crippen LogP contribution in [0.5, 0.6) is 0 Å². The maximum atomic E-state index is 12.6. The molecule has 1 fully saturated rings. The first kappa shape index (κ1) is 18.2. The van der Waals surface area contributed by atoms with Crippen molar-refractivity contribution in [2.75, 3.05) is 6.61 Å². The Morgan fingerprint density at radius 3 is 2.48 bits per heavy atom. The largest absolute Gasteiger partial charge is 0.361 e. The number of hydrogen-bond acceptors (Lipinski definition) is 2. The van der Waals surface area contributed by atoms with Crippen molar-refractivity contribution < 1.29 is 9.53 Å². The summed E-state index contributed by atoms with van der Waals surface area (Å²) in [5, 5.41) is 1.32. The maximum Gasteiger partial charge on any atom is 0.249 e. The van der Waals surface area contributed by atoms with Crippen LogP contribution < -0.4 is 0 Å². The molecule has 3 rings (SSSR count). The summed E-state index contributed by atoms with van der Waals surface area (Å²) in [5.41, 5.74) is 1.97. The van der Waals surface area contributed by atoms with Crippen LogP contribution in [0.3, 0.4) is 0 Å². The van der Waals surface area contributed by atoms with Crippen molar-refractivity contribution >= 4 is 29.1 Å². The van der Waals surface area contributed by atoms with E-state index in [1.807, 2.05) is 53.4 Å². The van der Waals surface area contributed by atoms with Crippen molar-refractivity contribution in [2.45, 2.75) is 38.5 Å². The Bertz CT molecular complexity index is 748. The third-order valence-electron chi connectivity index (χ3n) is 4.72. The summed E-state index contributed by atoms with van der Waals surface area (Å²) in [6.07, 6.45) is 0.601. The van der Waals surface area contributed by atoms with Gasteiger partial charge < -0.3 is 9.64 Å². The van der Waals surface area contributed by atoms with Crippen molar-refractivity contribution in [1.29, 1.82) is 0 Å². The van der Waals surface area contributed by atoms with Gasteiger partial charge in [-0.25, -0.2) is 0 Å². The predicted octanol–water partition coefficient (Wildman–Crippen LogP) is 5.43. The van der Waals surface area contributed by atoms with Crippen LogP contribution in [-0.2, 0) is 9.53 Å². The number of carbonyl (C=O) groups is 1. The number of benzene rings is 2. The predicted molar refractivity (Wildman–Crippen MR) is 101 cm³/mol. The molecule has 0 aliphatic carbocycles. The molecule has 1 aliphatic rings. The van der Waals surface area contributed by atoms with Crippen molar-refractivity contribution in [3.63, 3.8) is 0 Å². The average Bonchev–Trinajstić information content (AvgIpc) is 2.61. The van der Waals surface area contributed by atoms with Gasteiger partial charge in [-0.2, -0.15) is 0 Å². The molecule has 1 heterocycles. The van der Waals surface area contributed by atoms with Gasteiger partial charge in [0.2, 0.25) is 5.91 Å². The molecule has 0 saturated carbocycles. The highest BCUT2D eigenvalue weighted by Crippen LogP contribution is 2.42. The van der Waals surface area contributed by atoms with Gasteiger partial charge in [0.25, 0.3) is 0 Å². The lowest BCUT2D eigenvalue weighted by Crippen LogP contribution is -2.49. The van der Waals surface area contributed by atoms with E-state index in [1.165, 1.54) is 0 Å². The number of halogens is 2. The minimum atomic E-state index is -0.272. The lowest BCUT2D eigenvalue weighted by Gasteiger charge is -2.44. The van der Waals surface area contributed by atoms with Crippen molar-refractivity contribution in [1.82, 2.24) is 4.90 Å². The van der Waals surface area contributed by atoms with E-state index in [2.05, 4.69) is 13.8 Å². The van der Waals surface area contributed by atoms with Crippen LogP contribution in [0.2, 0.25) is 10.0 Å². The molecule has 0 unspecified atom stereocenters. The molecule has 5 heteroatoms. The summed E-state index contributed by atoms with van der Waals surface area (Å²) in [6.45, 7) is 4.23. The fraction of sp³-hybridized carbons (Fsp3) is 0.350. The molecule has 0 bridgehead atoms. The smallest absolute Gasteiger partial charge is 0.249 e. The molecule has 25 heavy (non-hydrogen) atoms. The number of rotatable bonds is 4. The average molecular weight is 378 g/mol. The number of carbonyl (C=O) groups excluding carboxylic acids is 1. The molecular formula is C20H21Cl2NO2. The summed E-state index contributed by atoms with van der Waals surface area (Å²) in [4.78, 5) is 14.6. The van der Waals surface area contributed by atoms with E-state index >= 15 is 0 Å². The van der Waals surface area contributed by atoms with Crippen LogP contribution in [0.15, 0.2) is 48.5 Å². The molecule has 3 atom stereocenters. The Labute approximate surface area is 158 Å². The molecule has 3 nitrogen and oxygen atoms in total. The minimum Gasteiger partial charge on any atom is -0.361 e. The Morgan fingerprint density at radius 1 is 1.12 bits per heavy atom. The Kier molecular flexibility index (Phi) is 5.67. The number of hydrogen-bond donors (Lipinski definition) is 0. The molecule has 2 aromatic carbocycles. The van der Waals surface area contributed by atoms with Gasteiger partial charge in [0.05, 0.1) is 6.04 Å². The van der Waals surface area contributed by atoms with Crippen LogP contribution >= 0.6 is 23.2 Å². The van der Waals surface area contributed by atoms with Crippen molar-refractivity contribution in [2.24, 2.45) is 0 Å². The van der Waals surface area contributed by atoms with E-state index in [0.717, 1.165) is 17.5 Å². The molecule has 0 aromatic heterocycles. The Balaban J connectivity index is 2.08. The number of amides is 1. The van der Waals surface area contributed by atoms with Gasteiger partial charge >= 0.3 is 0 Å². The van der Waals surface area contributed by atoms with Gasteiger partial charge in [-0.1, -0.05) is 54.4 Å². The second kappa shape index (κ2) is 7.77. The van der Waals surface area contributed by atoms with Gasteiger partial charge in [0.15, 0.2) is 0 Å². The second-order valence-corrected chi connectivity index (χ2v) is 7.21. The topological polar surface area (TPSA) is 29.5 Å². The molecular weight excluding hydrogens is 357 g/mol. The van der Waals surface area contributed by atoms with Crippen LogP contribution in [0.1, 0.15) is 43.5 Å². The van der Waals surface area contributed by atoms with Gasteiger partial charge in [0.1, 0.15) is 12.7 Å². The van der Waals surface area contributed by atoms with Crippen LogP contribution in [-0.4, -0.2) is 23.5 Å². The summed E-state index contributed by atoms with van der Waals surface area (Å²) in [6, 6.07) is 15.1. The third kappa shape index (κ3) is 3.84. The molecule has 2 aromatic rings. The number of morpholine rings is 1. The fourth-order valence-corrected chi connectivity index (χ4v) is 3.63. The summed E-state index contributed by atoms with van der Waals surface area (Å²) >= 11 is 12.2. The third-order valence-corrected chi connectivity index (χ3v) is 5.20. The highest BCUT2D eigenvalue weighted by molar-refractivity contribution is 6.30. The fourth-order valence-electron chi connectivity index (χ4n) is 3.30. The number of nitrogens with zero attached hydrogens (tertiary/aromatic N) is 1. The van der Waals surface area contributed by atoms with E-state index in [-0.39, 0.29) is 30.7 Å². The number of ether oxygens (including phenoxy) is 1. The molecule has 1 aliphatic heterocycles. The quantitative estimate of drug-likeness (QED) is 0.710. The zero-order valence-electron chi connectivity index (χ0n) is 14.3. The normalized spacial score (nSPS) is 22.1. The summed E-state index contributed by atoms with van der Waals surface area (Å²) in [5.74, 6) is 0.00702. The van der Waals surface area contributed by atoms with E-state index in [4.69, 9.17) is 27.9 Å². The first-order valence-corrected chi connectivity index (χ1v) is 9.20. The van der Waals surface area contributed by atoms with E-state index in [9.17, 15) is 4.79 Å². The molecule has 0 radical (unpaired) electrons. The van der Waals surface area contributed by atoms with E-state index < -0.39 is 0 Å². The molecule has 1 saturated heterocycles. The molecule has 132 valence electrons. The van der Waals surface area contributed by atoms with Gasteiger partial charge in [-0.3, -0.25) is 4.79 Å². The molecule has 0 N–H and O–H groups in total. The summed E-state index contributed by atoms with van der Waals surface area (Å²) < 4.78 is 5.97. The van der Waals surface area contributed by atoms with E-state index in [0.29, 0.717) is 10.0 Å². The highest BCUT2D eigenvalue weighted by atomic mass is 35.5. The maximum absolute atomic E-state index is 12.6. The zero-order chi connectivity index (χ0) is 18.0. The standard InChI is InChI=1S/C20H21Cl2NO2/c1-3-13(2)23-18(24)12-25-20(15-5-4-6-17(22)11-15)19(23)14-7-9-16(21)10-8-14/h4-11,13,19-20H,3,12H2,1-2H3/t13-,19-,20-/m1/s1. The SMILES string of the molecule is CC[C@@H](C)N1C(=O)CO[C@H](c2cccc(Cl)c2)[C@H]1c1ccc(Cl)cc1. The van der Waals surface area contributed by atoms with Crippen molar-refractivity contribution in [3.05, 3.63) is 69.7 Å². The molecule has 1 amide bonds. The Morgan fingerprint density at radius 2 is 1.84 bits per heavy atom. The lowest BCUT2D eigenvalue weighted by atomic mass is 9.91. The molecule has 0 spiro atoms. The Hall–Kier alpha value is -1.55. The van der Waals surface area contributed by atoms with E-state index in [1.54, 1.807) is 0 Å². The first-order chi connectivity index (χ1) is 12.0. The monoisotopic (exact) mass is 377 g/mol. The first-order valence-electron chi connectivity index (χ1n) is 8.45. The van der Waals surface area contributed by atoms with Crippen LogP contribution in [0.25, 0.3) is 0 Å². The van der Waals surface area contributed by atoms with Crippen LogP contribution in [0, 0.1) is 0 Å². The van der Waals surface area contributed by atoms with Gasteiger partial charge in [-0.15, -0.1) is 0 Å². The summed E-state index contributed by atoms with van der Waals surface area (Å²) in [7, 11) is 0. The lowest BCUT2D eigenvalue weighted by molar-refractivity contribution is -0.162. The van der Waals surface area contributed by atoms with Crippen molar-refractivity contribution in [3.8, 4) is 0 Å². The minimum absolute atomic E-state index is 0.00702. The van der Waals surface area contributed by atoms with Crippen LogP contribution in [0.4, 0.5) is 0 Å². The van der Waals surface area contributed by atoms with Gasteiger partial charge in [-0.05, 0) is 48.7 Å². The zero-order valence-corrected chi connectivity index (χ0v) is 15.8.